The molecular weight excluding hydrogens is 395 g/mol. The minimum atomic E-state index is -4.23. The number of nitrogens with zero attached hydrogens (tertiary/aromatic N) is 1. The molecule has 1 heterocycles. The standard InChI is InChI=1S/C19H23ClF3N3O2/c1-10-3-4-12(9-15(10)20)16(13-7-14(8-13)19(21,22)23)25-18(28)26-6-5-24-17(27)11(26)2/h3-4,9,11,13-14,16H,5-8H2,1-2H3,(H,24,27)(H,25,28)/t11-,13?,14?,16?/m1/s1. The SMILES string of the molecule is Cc1ccc(C(NC(=O)N2CCNC(=O)[C@H]2C)C2CC(C(F)(F)F)C2)cc1Cl. The van der Waals surface area contributed by atoms with Crippen molar-refractivity contribution in [1.82, 2.24) is 15.5 Å². The smallest absolute Gasteiger partial charge is 0.353 e. The van der Waals surface area contributed by atoms with Crippen LogP contribution in [0.2, 0.25) is 5.02 Å². The maximum Gasteiger partial charge on any atom is 0.391 e. The number of hydrogen-bond acceptors (Lipinski definition) is 2. The van der Waals surface area contributed by atoms with Crippen molar-refractivity contribution in [2.45, 2.75) is 44.9 Å². The normalized spacial score (nSPS) is 26.3. The Bertz CT molecular complexity index is 765. The monoisotopic (exact) mass is 417 g/mol. The van der Waals surface area contributed by atoms with Gasteiger partial charge in [0.2, 0.25) is 5.91 Å². The number of piperazine rings is 1. The highest BCUT2D eigenvalue weighted by atomic mass is 35.5. The molecule has 1 aromatic carbocycles. The summed E-state index contributed by atoms with van der Waals surface area (Å²) in [4.78, 5) is 26.0. The summed E-state index contributed by atoms with van der Waals surface area (Å²) in [5.41, 5.74) is 1.52. The predicted octanol–water partition coefficient (Wildman–Crippen LogP) is 3.81. The van der Waals surface area contributed by atoms with Gasteiger partial charge in [-0.15, -0.1) is 0 Å². The third-order valence-electron chi connectivity index (χ3n) is 5.70. The number of benzene rings is 1. The van der Waals surface area contributed by atoms with Crippen LogP contribution < -0.4 is 10.6 Å². The summed E-state index contributed by atoms with van der Waals surface area (Å²) in [6, 6.07) is 3.56. The second kappa shape index (κ2) is 7.81. The van der Waals surface area contributed by atoms with Gasteiger partial charge >= 0.3 is 12.2 Å². The second-order valence-corrected chi connectivity index (χ2v) is 7.97. The van der Waals surface area contributed by atoms with Crippen molar-refractivity contribution in [3.05, 3.63) is 34.3 Å². The minimum absolute atomic E-state index is 0.0457. The van der Waals surface area contributed by atoms with Crippen LogP contribution in [-0.4, -0.2) is 42.1 Å². The van der Waals surface area contributed by atoms with Crippen LogP contribution in [0.25, 0.3) is 0 Å². The topological polar surface area (TPSA) is 61.4 Å². The fraction of sp³-hybridized carbons (Fsp3) is 0.579. The molecule has 1 aromatic rings. The molecule has 5 nitrogen and oxygen atoms in total. The van der Waals surface area contributed by atoms with Crippen molar-refractivity contribution in [2.75, 3.05) is 13.1 Å². The zero-order chi connectivity index (χ0) is 20.6. The molecule has 2 aliphatic rings. The van der Waals surface area contributed by atoms with E-state index in [0.717, 1.165) is 5.56 Å². The fourth-order valence-corrected chi connectivity index (χ4v) is 3.94. The van der Waals surface area contributed by atoms with Crippen LogP contribution in [0, 0.1) is 18.8 Å². The number of carbonyl (C=O) groups excluding carboxylic acids is 2. The van der Waals surface area contributed by atoms with E-state index >= 15 is 0 Å². The highest BCUT2D eigenvalue weighted by Crippen LogP contribution is 2.49. The predicted molar refractivity (Wildman–Crippen MR) is 98.9 cm³/mol. The van der Waals surface area contributed by atoms with Crippen LogP contribution in [0.1, 0.15) is 36.9 Å². The first-order valence-corrected chi connectivity index (χ1v) is 9.63. The van der Waals surface area contributed by atoms with Gasteiger partial charge in [0.25, 0.3) is 0 Å². The van der Waals surface area contributed by atoms with Gasteiger partial charge in [0.1, 0.15) is 6.04 Å². The summed E-state index contributed by atoms with van der Waals surface area (Å²) in [5.74, 6) is -1.95. The lowest BCUT2D eigenvalue weighted by molar-refractivity contribution is -0.206. The van der Waals surface area contributed by atoms with Crippen LogP contribution >= 0.6 is 11.6 Å². The fourth-order valence-electron chi connectivity index (χ4n) is 3.75. The van der Waals surface area contributed by atoms with Gasteiger partial charge in [-0.25, -0.2) is 4.79 Å². The molecule has 1 unspecified atom stereocenters. The number of urea groups is 1. The molecule has 1 aliphatic carbocycles. The maximum atomic E-state index is 12.9. The zero-order valence-corrected chi connectivity index (χ0v) is 16.4. The van der Waals surface area contributed by atoms with E-state index in [1.165, 1.54) is 4.90 Å². The van der Waals surface area contributed by atoms with Gasteiger partial charge in [0.05, 0.1) is 12.0 Å². The van der Waals surface area contributed by atoms with E-state index in [-0.39, 0.29) is 24.7 Å². The summed E-state index contributed by atoms with van der Waals surface area (Å²) in [7, 11) is 0. The summed E-state index contributed by atoms with van der Waals surface area (Å²) in [5, 5.41) is 6.03. The third-order valence-corrected chi connectivity index (χ3v) is 6.11. The zero-order valence-electron chi connectivity index (χ0n) is 15.6. The number of rotatable bonds is 3. The number of hydrogen-bond donors (Lipinski definition) is 2. The molecule has 2 fully saturated rings. The molecule has 0 aromatic heterocycles. The van der Waals surface area contributed by atoms with E-state index in [9.17, 15) is 22.8 Å². The van der Waals surface area contributed by atoms with E-state index in [1.54, 1.807) is 25.1 Å². The molecule has 2 atom stereocenters. The van der Waals surface area contributed by atoms with E-state index in [2.05, 4.69) is 10.6 Å². The first-order valence-electron chi connectivity index (χ1n) is 9.25. The van der Waals surface area contributed by atoms with Crippen molar-refractivity contribution in [1.29, 1.82) is 0 Å². The van der Waals surface area contributed by atoms with E-state index in [0.29, 0.717) is 23.7 Å². The second-order valence-electron chi connectivity index (χ2n) is 7.57. The molecular formula is C19H23ClF3N3O2. The molecule has 154 valence electrons. The molecule has 2 N–H and O–H groups in total. The van der Waals surface area contributed by atoms with Crippen LogP contribution in [0.3, 0.4) is 0 Å². The maximum absolute atomic E-state index is 12.9. The van der Waals surface area contributed by atoms with Crippen LogP contribution in [0.15, 0.2) is 18.2 Å². The Kier molecular flexibility index (Phi) is 5.79. The van der Waals surface area contributed by atoms with Crippen molar-refractivity contribution < 1.29 is 22.8 Å². The number of nitrogens with one attached hydrogen (secondary N) is 2. The van der Waals surface area contributed by atoms with Gasteiger partial charge in [-0.2, -0.15) is 13.2 Å². The van der Waals surface area contributed by atoms with Gasteiger partial charge in [-0.05, 0) is 49.8 Å². The molecule has 1 saturated carbocycles. The lowest BCUT2D eigenvalue weighted by Crippen LogP contribution is -2.59. The van der Waals surface area contributed by atoms with Gasteiger partial charge in [-0.1, -0.05) is 23.7 Å². The number of alkyl halides is 3. The van der Waals surface area contributed by atoms with Crippen molar-refractivity contribution in [3.8, 4) is 0 Å². The van der Waals surface area contributed by atoms with Gasteiger partial charge in [0.15, 0.2) is 0 Å². The Hall–Kier alpha value is -1.96. The van der Waals surface area contributed by atoms with Crippen LogP contribution in [0.5, 0.6) is 0 Å². The Labute approximate surface area is 166 Å². The van der Waals surface area contributed by atoms with Crippen molar-refractivity contribution in [3.63, 3.8) is 0 Å². The first kappa shape index (κ1) is 20.8. The van der Waals surface area contributed by atoms with Crippen LogP contribution in [-0.2, 0) is 4.79 Å². The lowest BCUT2D eigenvalue weighted by atomic mass is 9.69. The highest BCUT2D eigenvalue weighted by molar-refractivity contribution is 6.31. The molecule has 28 heavy (non-hydrogen) atoms. The van der Waals surface area contributed by atoms with Gasteiger partial charge in [0, 0.05) is 18.1 Å². The molecule has 0 spiro atoms. The molecule has 1 aliphatic heterocycles. The van der Waals surface area contributed by atoms with E-state index in [4.69, 9.17) is 11.6 Å². The highest BCUT2D eigenvalue weighted by Gasteiger charge is 2.50. The first-order chi connectivity index (χ1) is 13.1. The quantitative estimate of drug-likeness (QED) is 0.785. The lowest BCUT2D eigenvalue weighted by Gasteiger charge is -2.43. The van der Waals surface area contributed by atoms with Crippen molar-refractivity contribution >= 4 is 23.5 Å². The minimum Gasteiger partial charge on any atom is -0.353 e. The largest absolute Gasteiger partial charge is 0.391 e. The number of halogens is 4. The Balaban J connectivity index is 1.79. The summed E-state index contributed by atoms with van der Waals surface area (Å²) in [6.07, 6.45) is -4.32. The molecule has 3 rings (SSSR count). The summed E-state index contributed by atoms with van der Waals surface area (Å²) >= 11 is 6.20. The van der Waals surface area contributed by atoms with Crippen LogP contribution in [0.4, 0.5) is 18.0 Å². The third kappa shape index (κ3) is 4.21. The molecule has 0 bridgehead atoms. The Morgan fingerprint density at radius 1 is 1.36 bits per heavy atom. The molecule has 0 radical (unpaired) electrons. The van der Waals surface area contributed by atoms with E-state index in [1.807, 2.05) is 6.92 Å². The summed E-state index contributed by atoms with van der Waals surface area (Å²) in [6.45, 7) is 4.14. The number of aryl methyl sites for hydroxylation is 1. The van der Waals surface area contributed by atoms with Crippen molar-refractivity contribution in [2.24, 2.45) is 11.8 Å². The molecule has 1 saturated heterocycles. The average molecular weight is 418 g/mol. The summed E-state index contributed by atoms with van der Waals surface area (Å²) < 4.78 is 38.8. The van der Waals surface area contributed by atoms with E-state index < -0.39 is 30.2 Å². The average Bonchev–Trinajstić information content (AvgIpc) is 2.56. The Morgan fingerprint density at radius 2 is 2.04 bits per heavy atom. The molecule has 9 heteroatoms. The number of amides is 3. The van der Waals surface area contributed by atoms with Gasteiger partial charge < -0.3 is 15.5 Å². The van der Waals surface area contributed by atoms with Gasteiger partial charge in [-0.3, -0.25) is 4.79 Å². The molecule has 3 amide bonds. The number of carbonyl (C=O) groups is 2. The Morgan fingerprint density at radius 3 is 2.64 bits per heavy atom.